The normalized spacial score (nSPS) is 27.5. The molecule has 3 atom stereocenters. The first-order valence-corrected chi connectivity index (χ1v) is 11.9. The first-order valence-electron chi connectivity index (χ1n) is 8.44. The molecule has 1 rings (SSSR count). The van der Waals surface area contributed by atoms with Crippen molar-refractivity contribution in [1.82, 2.24) is 10.0 Å². The van der Waals surface area contributed by atoms with Crippen LogP contribution in [0.15, 0.2) is 22.4 Å². The number of nitrogens with zero attached hydrogens (tertiary/aromatic N) is 4. The number of allylic oxidation sites excluding steroid dienone is 1. The van der Waals surface area contributed by atoms with Crippen LogP contribution in [0.4, 0.5) is 0 Å². The van der Waals surface area contributed by atoms with Crippen LogP contribution in [0.25, 0.3) is 0 Å². The minimum absolute atomic E-state index is 0.231. The maximum Gasteiger partial charge on any atom is 0.184 e. The van der Waals surface area contributed by atoms with Crippen molar-refractivity contribution in [3.05, 3.63) is 12.2 Å². The van der Waals surface area contributed by atoms with E-state index in [0.29, 0.717) is 11.8 Å². The highest BCUT2D eigenvalue weighted by molar-refractivity contribution is 6.69. The van der Waals surface area contributed by atoms with Gasteiger partial charge >= 0.3 is 0 Å². The molecule has 6 heteroatoms. The van der Waals surface area contributed by atoms with Gasteiger partial charge in [-0.3, -0.25) is 0 Å². The summed E-state index contributed by atoms with van der Waals surface area (Å²) in [5.74, 6) is 0.821. The minimum atomic E-state index is -1.59. The second-order valence-electron chi connectivity index (χ2n) is 7.50. The molecule has 5 nitrogen and oxygen atoms in total. The molecule has 0 saturated heterocycles. The lowest BCUT2D eigenvalue weighted by Gasteiger charge is -2.27. The Hall–Kier alpha value is -1.14. The molecule has 0 aromatic rings. The molecule has 23 heavy (non-hydrogen) atoms. The number of hydrogen-bond donors (Lipinski definition) is 0. The number of rotatable bonds is 7. The van der Waals surface area contributed by atoms with E-state index in [2.05, 4.69) is 37.7 Å². The Bertz CT molecular complexity index is 452. The zero-order valence-electron chi connectivity index (χ0n) is 16.1. The second-order valence-corrected chi connectivity index (χ2v) is 12.0. The highest BCUT2D eigenvalue weighted by Gasteiger charge is 2.41. The molecule has 3 unspecified atom stereocenters. The molecular weight excluding hydrogens is 304 g/mol. The van der Waals surface area contributed by atoms with Crippen LogP contribution in [0.1, 0.15) is 19.8 Å². The predicted octanol–water partition coefficient (Wildman–Crippen LogP) is 3.27. The Morgan fingerprint density at radius 3 is 2.30 bits per heavy atom. The van der Waals surface area contributed by atoms with E-state index in [9.17, 15) is 0 Å². The summed E-state index contributed by atoms with van der Waals surface area (Å²) >= 11 is 0. The molecule has 0 aromatic carbocycles. The molecule has 0 radical (unpaired) electrons. The van der Waals surface area contributed by atoms with Crippen molar-refractivity contribution in [2.75, 3.05) is 28.2 Å². The van der Waals surface area contributed by atoms with Gasteiger partial charge < -0.3 is 14.4 Å². The van der Waals surface area contributed by atoms with Gasteiger partial charge in [-0.15, -0.1) is 0 Å². The van der Waals surface area contributed by atoms with Gasteiger partial charge in [0.15, 0.2) is 8.32 Å². The first kappa shape index (κ1) is 19.9. The van der Waals surface area contributed by atoms with Crippen molar-refractivity contribution in [2.45, 2.75) is 45.5 Å². The predicted molar refractivity (Wildman–Crippen MR) is 103 cm³/mol. The van der Waals surface area contributed by atoms with Crippen LogP contribution in [-0.4, -0.2) is 64.6 Å². The van der Waals surface area contributed by atoms with Gasteiger partial charge in [0.25, 0.3) is 0 Å². The molecule has 0 aromatic heterocycles. The Morgan fingerprint density at radius 2 is 1.83 bits per heavy atom. The van der Waals surface area contributed by atoms with Crippen molar-refractivity contribution in [3.63, 3.8) is 0 Å². The van der Waals surface area contributed by atoms with Crippen LogP contribution in [-0.2, 0) is 4.43 Å². The molecule has 0 aliphatic heterocycles. The summed E-state index contributed by atoms with van der Waals surface area (Å²) in [6.07, 6.45) is 8.39. The summed E-state index contributed by atoms with van der Waals surface area (Å²) in [5, 5.41) is 12.7. The molecule has 0 heterocycles. The van der Waals surface area contributed by atoms with Crippen LogP contribution in [0.5, 0.6) is 0 Å². The maximum atomic E-state index is 6.47. The zero-order chi connectivity index (χ0) is 17.6. The van der Waals surface area contributed by atoms with Crippen LogP contribution >= 0.6 is 0 Å². The molecule has 1 aliphatic carbocycles. The van der Waals surface area contributed by atoms with Crippen molar-refractivity contribution >= 4 is 20.2 Å². The van der Waals surface area contributed by atoms with E-state index in [1.165, 1.54) is 5.71 Å². The topological polar surface area (TPSA) is 40.4 Å². The molecule has 0 bridgehead atoms. The van der Waals surface area contributed by atoms with Gasteiger partial charge in [-0.1, -0.05) is 13.0 Å². The van der Waals surface area contributed by atoms with Crippen LogP contribution in [0.2, 0.25) is 19.6 Å². The Labute approximate surface area is 143 Å². The third kappa shape index (κ3) is 6.87. The largest absolute Gasteiger partial charge is 0.414 e. The van der Waals surface area contributed by atoms with Crippen molar-refractivity contribution < 1.29 is 4.43 Å². The maximum absolute atomic E-state index is 6.47. The van der Waals surface area contributed by atoms with E-state index < -0.39 is 8.32 Å². The van der Waals surface area contributed by atoms with Gasteiger partial charge in [0, 0.05) is 58.4 Å². The fourth-order valence-corrected chi connectivity index (χ4v) is 4.19. The van der Waals surface area contributed by atoms with Crippen molar-refractivity contribution in [2.24, 2.45) is 22.0 Å². The smallest absolute Gasteiger partial charge is 0.184 e. The molecule has 1 fully saturated rings. The summed E-state index contributed by atoms with van der Waals surface area (Å²) in [6.45, 7) is 9.00. The van der Waals surface area contributed by atoms with Crippen LogP contribution in [0, 0.1) is 11.8 Å². The van der Waals surface area contributed by atoms with Crippen LogP contribution < -0.4 is 0 Å². The highest BCUT2D eigenvalue weighted by atomic mass is 28.4. The second kappa shape index (κ2) is 8.64. The number of hydrazone groups is 2. The van der Waals surface area contributed by atoms with E-state index in [1.807, 2.05) is 45.5 Å². The fraction of sp³-hybridized carbons (Fsp3) is 0.765. The molecule has 0 amide bonds. The quantitative estimate of drug-likeness (QED) is 0.406. The SMILES string of the molecule is CCC1/C(=N\N(C)C)CC(O[Si](C)(C)C)C1/C=C/C=N/N(C)C. The molecule has 1 aliphatic rings. The van der Waals surface area contributed by atoms with Crippen molar-refractivity contribution in [3.8, 4) is 0 Å². The Balaban J connectivity index is 3.00. The van der Waals surface area contributed by atoms with Gasteiger partial charge in [-0.2, -0.15) is 10.2 Å². The van der Waals surface area contributed by atoms with Gasteiger partial charge in [0.1, 0.15) is 0 Å². The summed E-state index contributed by atoms with van der Waals surface area (Å²) in [6, 6.07) is 0. The van der Waals surface area contributed by atoms with E-state index >= 15 is 0 Å². The standard InChI is InChI=1S/C17H34N4OSi/c1-9-14-15(11-10-12-18-20(2)3)17(22-23(6,7)8)13-16(14)19-21(4)5/h10-12,14-15,17H,9,13H2,1-8H3/b11-10+,18-12+,19-16-. The molecule has 0 spiro atoms. The Morgan fingerprint density at radius 1 is 1.17 bits per heavy atom. The Kier molecular flexibility index (Phi) is 7.47. The first-order chi connectivity index (χ1) is 10.6. The van der Waals surface area contributed by atoms with Gasteiger partial charge in [-0.05, 0) is 32.1 Å². The summed E-state index contributed by atoms with van der Waals surface area (Å²) in [7, 11) is 6.24. The van der Waals surface area contributed by atoms with E-state index in [-0.39, 0.29) is 6.10 Å². The fourth-order valence-electron chi connectivity index (χ4n) is 3.04. The molecule has 132 valence electrons. The van der Waals surface area contributed by atoms with Gasteiger partial charge in [0.05, 0.1) is 6.10 Å². The van der Waals surface area contributed by atoms with E-state index in [4.69, 9.17) is 9.53 Å². The summed E-state index contributed by atoms with van der Waals surface area (Å²) < 4.78 is 6.47. The molecule has 0 N–H and O–H groups in total. The number of hydrogen-bond acceptors (Lipinski definition) is 5. The lowest BCUT2D eigenvalue weighted by Crippen LogP contribution is -2.34. The summed E-state index contributed by atoms with van der Waals surface area (Å²) in [5.41, 5.74) is 1.26. The molecular formula is C17H34N4OSi. The average molecular weight is 339 g/mol. The van der Waals surface area contributed by atoms with Crippen molar-refractivity contribution in [1.29, 1.82) is 0 Å². The van der Waals surface area contributed by atoms with E-state index in [1.54, 1.807) is 5.01 Å². The van der Waals surface area contributed by atoms with Gasteiger partial charge in [-0.25, -0.2) is 0 Å². The zero-order valence-corrected chi connectivity index (χ0v) is 17.1. The summed E-state index contributed by atoms with van der Waals surface area (Å²) in [4.78, 5) is 0. The average Bonchev–Trinajstić information content (AvgIpc) is 2.68. The van der Waals surface area contributed by atoms with E-state index in [0.717, 1.165) is 12.8 Å². The monoisotopic (exact) mass is 338 g/mol. The molecule has 1 saturated carbocycles. The van der Waals surface area contributed by atoms with Gasteiger partial charge in [0.2, 0.25) is 0 Å². The highest BCUT2D eigenvalue weighted by Crippen LogP contribution is 2.37. The lowest BCUT2D eigenvalue weighted by atomic mass is 9.91. The third-order valence-corrected chi connectivity index (χ3v) is 4.73. The third-order valence-electron chi connectivity index (χ3n) is 3.72. The lowest BCUT2D eigenvalue weighted by molar-refractivity contribution is 0.159. The van der Waals surface area contributed by atoms with Crippen LogP contribution in [0.3, 0.4) is 0 Å². The minimum Gasteiger partial charge on any atom is -0.414 e.